The molecule has 0 saturated carbocycles. The van der Waals surface area contributed by atoms with Crippen LogP contribution < -0.4 is 10.1 Å². The number of carbonyl (C=O) groups is 1. The molecule has 0 radical (unpaired) electrons. The van der Waals surface area contributed by atoms with E-state index in [0.717, 1.165) is 11.1 Å². The van der Waals surface area contributed by atoms with Crippen LogP contribution in [0.15, 0.2) is 42.5 Å². The van der Waals surface area contributed by atoms with Gasteiger partial charge in [-0.05, 0) is 43.2 Å². The van der Waals surface area contributed by atoms with Crippen molar-refractivity contribution in [3.63, 3.8) is 0 Å². The van der Waals surface area contributed by atoms with E-state index in [-0.39, 0.29) is 11.7 Å². The summed E-state index contributed by atoms with van der Waals surface area (Å²) in [5.74, 6) is 0.0926. The lowest BCUT2D eigenvalue weighted by Crippen LogP contribution is -2.26. The second-order valence-electron chi connectivity index (χ2n) is 4.84. The molecule has 0 aliphatic heterocycles. The van der Waals surface area contributed by atoms with Crippen LogP contribution in [0.5, 0.6) is 5.75 Å². The summed E-state index contributed by atoms with van der Waals surface area (Å²) in [7, 11) is 1.54. The van der Waals surface area contributed by atoms with Crippen LogP contribution in [-0.2, 0) is 6.42 Å². The molecule has 3 nitrogen and oxygen atoms in total. The number of hydrogen-bond acceptors (Lipinski definition) is 2. The lowest BCUT2D eigenvalue weighted by molar-refractivity contribution is 0.0951. The van der Waals surface area contributed by atoms with Crippen molar-refractivity contribution in [3.05, 3.63) is 65.0 Å². The van der Waals surface area contributed by atoms with E-state index in [2.05, 4.69) is 5.32 Å². The fourth-order valence-electron chi connectivity index (χ4n) is 2.11. The Hall–Kier alpha value is -2.36. The van der Waals surface area contributed by atoms with Gasteiger partial charge in [-0.2, -0.15) is 0 Å². The van der Waals surface area contributed by atoms with Gasteiger partial charge in [-0.3, -0.25) is 4.79 Å². The van der Waals surface area contributed by atoms with Crippen molar-refractivity contribution in [3.8, 4) is 5.75 Å². The highest BCUT2D eigenvalue weighted by molar-refractivity contribution is 5.97. The Balaban J connectivity index is 1.97. The number of methoxy groups -OCH3 is 1. The molecule has 0 fully saturated rings. The third kappa shape index (κ3) is 4.05. The van der Waals surface area contributed by atoms with Crippen LogP contribution in [0.3, 0.4) is 0 Å². The second-order valence-corrected chi connectivity index (χ2v) is 4.84. The Labute approximate surface area is 123 Å². The van der Waals surface area contributed by atoms with E-state index in [1.807, 2.05) is 19.1 Å². The van der Waals surface area contributed by atoms with Gasteiger partial charge >= 0.3 is 0 Å². The molecule has 0 aliphatic carbocycles. The first-order valence-corrected chi connectivity index (χ1v) is 6.77. The maximum Gasteiger partial charge on any atom is 0.255 e. The number of nitrogens with one attached hydrogen (secondary N) is 1. The lowest BCUT2D eigenvalue weighted by Gasteiger charge is -2.10. The first-order chi connectivity index (χ1) is 10.1. The van der Waals surface area contributed by atoms with Crippen LogP contribution in [0.1, 0.15) is 21.5 Å². The lowest BCUT2D eigenvalue weighted by atomic mass is 10.1. The van der Waals surface area contributed by atoms with Gasteiger partial charge in [0.1, 0.15) is 11.6 Å². The molecule has 0 bridgehead atoms. The molecular weight excluding hydrogens is 269 g/mol. The van der Waals surface area contributed by atoms with E-state index in [1.165, 1.54) is 19.2 Å². The van der Waals surface area contributed by atoms with Gasteiger partial charge in [0.05, 0.1) is 12.7 Å². The molecule has 0 spiro atoms. The predicted molar refractivity (Wildman–Crippen MR) is 80.2 cm³/mol. The summed E-state index contributed by atoms with van der Waals surface area (Å²) in [5.41, 5.74) is 2.36. The van der Waals surface area contributed by atoms with Gasteiger partial charge in [0.25, 0.3) is 5.91 Å². The molecule has 0 aromatic heterocycles. The van der Waals surface area contributed by atoms with Gasteiger partial charge in [0, 0.05) is 6.54 Å². The van der Waals surface area contributed by atoms with Crippen molar-refractivity contribution in [1.29, 1.82) is 0 Å². The third-order valence-corrected chi connectivity index (χ3v) is 3.19. The summed E-state index contributed by atoms with van der Waals surface area (Å²) in [6, 6.07) is 11.8. The average molecular weight is 287 g/mol. The molecule has 2 aromatic carbocycles. The minimum absolute atomic E-state index is 0.188. The van der Waals surface area contributed by atoms with Crippen molar-refractivity contribution in [2.75, 3.05) is 13.7 Å². The Kier molecular flexibility index (Phi) is 4.93. The maximum atomic E-state index is 13.1. The Morgan fingerprint density at radius 3 is 2.76 bits per heavy atom. The summed E-state index contributed by atoms with van der Waals surface area (Å²) in [6.45, 7) is 2.36. The quantitative estimate of drug-likeness (QED) is 0.917. The molecule has 1 N–H and O–H groups in total. The standard InChI is InChI=1S/C17H18FNO2/c1-12-6-7-16(21-2)15(10-12)17(20)19-9-8-13-4-3-5-14(18)11-13/h3-7,10-11H,8-9H2,1-2H3,(H,19,20). The van der Waals surface area contributed by atoms with Crippen molar-refractivity contribution in [1.82, 2.24) is 5.32 Å². The monoisotopic (exact) mass is 287 g/mol. The van der Waals surface area contributed by atoms with E-state index in [4.69, 9.17) is 4.74 Å². The summed E-state index contributed by atoms with van der Waals surface area (Å²) in [5, 5.41) is 2.83. The van der Waals surface area contributed by atoms with Crippen molar-refractivity contribution >= 4 is 5.91 Å². The average Bonchev–Trinajstić information content (AvgIpc) is 2.47. The predicted octanol–water partition coefficient (Wildman–Crippen LogP) is 3.12. The molecule has 0 saturated heterocycles. The number of ether oxygens (including phenoxy) is 1. The van der Waals surface area contributed by atoms with Crippen molar-refractivity contribution in [2.24, 2.45) is 0 Å². The topological polar surface area (TPSA) is 38.3 Å². The Bertz CT molecular complexity index is 640. The zero-order valence-electron chi connectivity index (χ0n) is 12.2. The van der Waals surface area contributed by atoms with Crippen LogP contribution in [0.2, 0.25) is 0 Å². The highest BCUT2D eigenvalue weighted by Crippen LogP contribution is 2.19. The van der Waals surface area contributed by atoms with E-state index in [1.54, 1.807) is 18.2 Å². The first-order valence-electron chi connectivity index (χ1n) is 6.77. The second kappa shape index (κ2) is 6.88. The fourth-order valence-corrected chi connectivity index (χ4v) is 2.11. The fraction of sp³-hybridized carbons (Fsp3) is 0.235. The minimum Gasteiger partial charge on any atom is -0.496 e. The highest BCUT2D eigenvalue weighted by atomic mass is 19.1. The number of benzene rings is 2. The molecular formula is C17H18FNO2. The van der Waals surface area contributed by atoms with Crippen LogP contribution in [0.25, 0.3) is 0 Å². The van der Waals surface area contributed by atoms with E-state index in [9.17, 15) is 9.18 Å². The smallest absolute Gasteiger partial charge is 0.255 e. The van der Waals surface area contributed by atoms with Gasteiger partial charge in [0.2, 0.25) is 0 Å². The summed E-state index contributed by atoms with van der Waals surface area (Å²) < 4.78 is 18.2. The molecule has 2 aromatic rings. The molecule has 2 rings (SSSR count). The van der Waals surface area contributed by atoms with Gasteiger partial charge in [-0.25, -0.2) is 4.39 Å². The number of rotatable bonds is 5. The molecule has 1 amide bonds. The third-order valence-electron chi connectivity index (χ3n) is 3.19. The van der Waals surface area contributed by atoms with E-state index < -0.39 is 0 Å². The zero-order valence-corrected chi connectivity index (χ0v) is 12.2. The molecule has 0 aliphatic rings. The minimum atomic E-state index is -0.265. The summed E-state index contributed by atoms with van der Waals surface area (Å²) in [6.07, 6.45) is 0.581. The van der Waals surface area contributed by atoms with Crippen molar-refractivity contribution in [2.45, 2.75) is 13.3 Å². The SMILES string of the molecule is COc1ccc(C)cc1C(=O)NCCc1cccc(F)c1. The largest absolute Gasteiger partial charge is 0.496 e. The van der Waals surface area contributed by atoms with Gasteiger partial charge in [-0.15, -0.1) is 0 Å². The maximum absolute atomic E-state index is 13.1. The highest BCUT2D eigenvalue weighted by Gasteiger charge is 2.11. The molecule has 0 heterocycles. The molecule has 0 unspecified atom stereocenters. The van der Waals surface area contributed by atoms with Gasteiger partial charge in [-0.1, -0.05) is 23.8 Å². The van der Waals surface area contributed by atoms with Gasteiger partial charge < -0.3 is 10.1 Å². The van der Waals surface area contributed by atoms with Gasteiger partial charge in [0.15, 0.2) is 0 Å². The Morgan fingerprint density at radius 1 is 1.24 bits per heavy atom. The summed E-state index contributed by atoms with van der Waals surface area (Å²) >= 11 is 0. The number of aryl methyl sites for hydroxylation is 1. The van der Waals surface area contributed by atoms with Crippen LogP contribution in [-0.4, -0.2) is 19.6 Å². The molecule has 21 heavy (non-hydrogen) atoms. The van der Waals surface area contributed by atoms with E-state index >= 15 is 0 Å². The van der Waals surface area contributed by atoms with Crippen LogP contribution >= 0.6 is 0 Å². The number of hydrogen-bond donors (Lipinski definition) is 1. The zero-order chi connectivity index (χ0) is 15.2. The number of amides is 1. The van der Waals surface area contributed by atoms with Crippen LogP contribution in [0.4, 0.5) is 4.39 Å². The summed E-state index contributed by atoms with van der Waals surface area (Å²) in [4.78, 5) is 12.2. The Morgan fingerprint density at radius 2 is 2.05 bits per heavy atom. The van der Waals surface area contributed by atoms with E-state index in [0.29, 0.717) is 24.3 Å². The molecule has 0 atom stereocenters. The first kappa shape index (κ1) is 15.0. The van der Waals surface area contributed by atoms with Crippen molar-refractivity contribution < 1.29 is 13.9 Å². The molecule has 110 valence electrons. The molecule has 4 heteroatoms. The number of carbonyl (C=O) groups excluding carboxylic acids is 1. The number of halogens is 1. The van der Waals surface area contributed by atoms with Crippen LogP contribution in [0, 0.1) is 12.7 Å². The normalized spacial score (nSPS) is 10.2.